The zero-order valence-electron chi connectivity index (χ0n) is 18.2. The lowest BCUT2D eigenvalue weighted by molar-refractivity contribution is 0.0300. The van der Waals surface area contributed by atoms with E-state index >= 15 is 4.39 Å². The number of fused-ring (bicyclic) bond motifs is 2. The fraction of sp³-hybridized carbons (Fsp3) is 0.455. The van der Waals surface area contributed by atoms with Gasteiger partial charge in [0.25, 0.3) is 5.91 Å². The van der Waals surface area contributed by atoms with Crippen LogP contribution in [0.2, 0.25) is 0 Å². The second kappa shape index (κ2) is 7.84. The Morgan fingerprint density at radius 2 is 2.06 bits per heavy atom. The quantitative estimate of drug-likeness (QED) is 0.540. The van der Waals surface area contributed by atoms with Gasteiger partial charge < -0.3 is 30.2 Å². The van der Waals surface area contributed by atoms with Crippen molar-refractivity contribution in [2.75, 3.05) is 41.8 Å². The van der Waals surface area contributed by atoms with Crippen molar-refractivity contribution in [1.29, 1.82) is 0 Å². The topological polar surface area (TPSA) is 111 Å². The lowest BCUT2D eigenvalue weighted by atomic mass is 10.1. The molecule has 172 valence electrons. The van der Waals surface area contributed by atoms with E-state index in [4.69, 9.17) is 4.74 Å². The van der Waals surface area contributed by atoms with Crippen molar-refractivity contribution in [2.45, 2.75) is 38.0 Å². The lowest BCUT2D eigenvalue weighted by Crippen LogP contribution is -2.49. The molecule has 2 aromatic heterocycles. The summed E-state index contributed by atoms with van der Waals surface area (Å²) < 4.78 is 20.5. The molecule has 6 rings (SSSR count). The van der Waals surface area contributed by atoms with Crippen molar-refractivity contribution in [2.24, 2.45) is 0 Å². The minimum Gasteiger partial charge on any atom is -0.378 e. The van der Waals surface area contributed by atoms with Crippen LogP contribution < -0.4 is 15.5 Å². The number of hydrogen-bond donors (Lipinski definition) is 3. The second-order valence-electron chi connectivity index (χ2n) is 8.71. The van der Waals surface area contributed by atoms with Crippen LogP contribution >= 0.6 is 0 Å². The molecule has 0 spiro atoms. The third-order valence-corrected chi connectivity index (χ3v) is 6.50. The molecule has 2 atom stereocenters. The summed E-state index contributed by atoms with van der Waals surface area (Å²) in [5, 5.41) is 6.98. The number of carbonyl (C=O) groups is 1. The third-order valence-electron chi connectivity index (χ3n) is 6.50. The number of nitrogens with zero attached hydrogens (tertiary/aromatic N) is 5. The number of hydrogen-bond acceptors (Lipinski definition) is 8. The Morgan fingerprint density at radius 1 is 1.24 bits per heavy atom. The highest BCUT2D eigenvalue weighted by Gasteiger charge is 2.45. The van der Waals surface area contributed by atoms with Crippen LogP contribution in [0.3, 0.4) is 0 Å². The number of aromatic amines is 1. The normalized spacial score (nSPS) is 21.1. The monoisotopic (exact) mass is 452 g/mol. The predicted octanol–water partition coefficient (Wildman–Crippen LogP) is 2.19. The SMILES string of the molecule is C[C@H](Nc1ncnc2nc[nH]c12)C1Nc2ccc(F)c(C(=O)N3CCOCC3)c2N1C1CC1. The first-order chi connectivity index (χ1) is 16.1. The van der Waals surface area contributed by atoms with Gasteiger partial charge in [-0.05, 0) is 31.9 Å². The van der Waals surface area contributed by atoms with Crippen molar-refractivity contribution < 1.29 is 13.9 Å². The number of ether oxygens (including phenoxy) is 1. The van der Waals surface area contributed by atoms with Gasteiger partial charge >= 0.3 is 0 Å². The highest BCUT2D eigenvalue weighted by Crippen LogP contribution is 2.46. The van der Waals surface area contributed by atoms with Crippen LogP contribution in [0.4, 0.5) is 21.6 Å². The van der Waals surface area contributed by atoms with Crippen molar-refractivity contribution in [1.82, 2.24) is 24.8 Å². The first-order valence-electron chi connectivity index (χ1n) is 11.3. The molecule has 2 fully saturated rings. The number of halogens is 1. The molecule has 33 heavy (non-hydrogen) atoms. The molecule has 4 heterocycles. The number of imidazole rings is 1. The van der Waals surface area contributed by atoms with E-state index in [1.807, 2.05) is 6.92 Å². The Labute approximate surface area is 189 Å². The van der Waals surface area contributed by atoms with Gasteiger partial charge in [0.1, 0.15) is 29.4 Å². The van der Waals surface area contributed by atoms with Gasteiger partial charge in [0.2, 0.25) is 0 Å². The van der Waals surface area contributed by atoms with E-state index in [1.54, 1.807) is 17.3 Å². The number of benzene rings is 1. The molecule has 1 unspecified atom stereocenters. The first kappa shape index (κ1) is 20.2. The lowest BCUT2D eigenvalue weighted by Gasteiger charge is -2.33. The number of amides is 1. The van der Waals surface area contributed by atoms with Gasteiger partial charge in [-0.2, -0.15) is 0 Å². The molecule has 1 aromatic carbocycles. The van der Waals surface area contributed by atoms with E-state index in [0.717, 1.165) is 24.0 Å². The Kier molecular flexibility index (Phi) is 4.79. The first-order valence-corrected chi connectivity index (χ1v) is 11.3. The van der Waals surface area contributed by atoms with Crippen LogP contribution in [0.5, 0.6) is 0 Å². The van der Waals surface area contributed by atoms with Crippen LogP contribution in [0.1, 0.15) is 30.1 Å². The van der Waals surface area contributed by atoms with Crippen LogP contribution in [0.15, 0.2) is 24.8 Å². The number of carbonyl (C=O) groups excluding carboxylic acids is 1. The Balaban J connectivity index is 1.34. The van der Waals surface area contributed by atoms with Crippen molar-refractivity contribution in [3.05, 3.63) is 36.2 Å². The van der Waals surface area contributed by atoms with Gasteiger partial charge in [0.05, 0.1) is 37.0 Å². The summed E-state index contributed by atoms with van der Waals surface area (Å²) in [6, 6.07) is 3.24. The highest BCUT2D eigenvalue weighted by atomic mass is 19.1. The largest absolute Gasteiger partial charge is 0.378 e. The zero-order chi connectivity index (χ0) is 22.5. The van der Waals surface area contributed by atoms with E-state index in [1.165, 1.54) is 12.4 Å². The molecule has 1 saturated heterocycles. The Hall–Kier alpha value is -3.47. The molecule has 0 radical (unpaired) electrons. The fourth-order valence-corrected chi connectivity index (χ4v) is 4.74. The summed E-state index contributed by atoms with van der Waals surface area (Å²) in [5.41, 5.74) is 2.88. The van der Waals surface area contributed by atoms with Gasteiger partial charge in [-0.1, -0.05) is 0 Å². The summed E-state index contributed by atoms with van der Waals surface area (Å²) in [6.45, 7) is 3.92. The van der Waals surface area contributed by atoms with Gasteiger partial charge in [0.15, 0.2) is 11.5 Å². The molecule has 2 aliphatic heterocycles. The Morgan fingerprint density at radius 3 is 2.85 bits per heavy atom. The molecule has 3 aliphatic rings. The maximum Gasteiger partial charge on any atom is 0.259 e. The third kappa shape index (κ3) is 3.43. The minimum absolute atomic E-state index is 0.117. The van der Waals surface area contributed by atoms with Crippen molar-refractivity contribution in [3.8, 4) is 0 Å². The zero-order valence-corrected chi connectivity index (χ0v) is 18.2. The average Bonchev–Trinajstić information content (AvgIpc) is 3.41. The molecule has 10 nitrogen and oxygen atoms in total. The number of aromatic nitrogens is 4. The molecule has 3 N–H and O–H groups in total. The number of nitrogens with one attached hydrogen (secondary N) is 3. The molecular weight excluding hydrogens is 427 g/mol. The van der Waals surface area contributed by atoms with Crippen molar-refractivity contribution >= 4 is 34.3 Å². The van der Waals surface area contributed by atoms with Crippen LogP contribution in [0.25, 0.3) is 11.2 Å². The van der Waals surface area contributed by atoms with Gasteiger partial charge in [-0.15, -0.1) is 0 Å². The maximum absolute atomic E-state index is 15.1. The summed E-state index contributed by atoms with van der Waals surface area (Å²) in [7, 11) is 0. The molecule has 11 heteroatoms. The standard InChI is InChI=1S/C22H25FN8O2/c1-12(28-20-17-19(25-10-24-17)26-11-27-20)21-29-15-5-4-14(23)16(18(15)31(21)13-2-3-13)22(32)30-6-8-33-9-7-30/h4-5,10-13,21,29H,2-3,6-9H2,1H3,(H2,24,25,26,27,28)/t12-,21?/m0/s1. The van der Waals surface area contributed by atoms with Gasteiger partial charge in [-0.3, -0.25) is 4.79 Å². The maximum atomic E-state index is 15.1. The molecule has 1 amide bonds. The number of morpholine rings is 1. The Bertz CT molecular complexity index is 1210. The van der Waals surface area contributed by atoms with E-state index < -0.39 is 5.82 Å². The number of anilines is 3. The fourth-order valence-electron chi connectivity index (χ4n) is 4.74. The summed E-state index contributed by atoms with van der Waals surface area (Å²) in [6.07, 6.45) is 4.89. The molecule has 3 aromatic rings. The number of rotatable bonds is 5. The van der Waals surface area contributed by atoms with Crippen LogP contribution in [-0.4, -0.2) is 75.3 Å². The molecule has 1 aliphatic carbocycles. The van der Waals surface area contributed by atoms with E-state index in [-0.39, 0.29) is 29.7 Å². The highest BCUT2D eigenvalue weighted by molar-refractivity contribution is 6.04. The van der Waals surface area contributed by atoms with E-state index in [9.17, 15) is 4.79 Å². The smallest absolute Gasteiger partial charge is 0.259 e. The van der Waals surface area contributed by atoms with Crippen LogP contribution in [0, 0.1) is 5.82 Å². The van der Waals surface area contributed by atoms with E-state index in [2.05, 4.69) is 35.5 Å². The molecule has 1 saturated carbocycles. The van der Waals surface area contributed by atoms with E-state index in [0.29, 0.717) is 43.5 Å². The number of H-pyrrole nitrogens is 1. The summed E-state index contributed by atoms with van der Waals surface area (Å²) in [5.74, 6) is -0.125. The minimum atomic E-state index is -0.492. The average molecular weight is 452 g/mol. The van der Waals surface area contributed by atoms with Crippen molar-refractivity contribution in [3.63, 3.8) is 0 Å². The summed E-state index contributed by atoms with van der Waals surface area (Å²) in [4.78, 5) is 33.0. The van der Waals surface area contributed by atoms with Gasteiger partial charge in [-0.25, -0.2) is 19.3 Å². The molecular formula is C22H25FN8O2. The van der Waals surface area contributed by atoms with Crippen LogP contribution in [-0.2, 0) is 4.74 Å². The summed E-state index contributed by atoms with van der Waals surface area (Å²) >= 11 is 0. The van der Waals surface area contributed by atoms with Gasteiger partial charge in [0, 0.05) is 19.1 Å². The molecule has 0 bridgehead atoms. The second-order valence-corrected chi connectivity index (χ2v) is 8.71. The predicted molar refractivity (Wildman–Crippen MR) is 121 cm³/mol.